The topological polar surface area (TPSA) is 17.1 Å². The monoisotopic (exact) mass is 152 g/mol. The highest BCUT2D eigenvalue weighted by molar-refractivity contribution is 5.53. The summed E-state index contributed by atoms with van der Waals surface area (Å²) in [5.74, 6) is 2.20. The third-order valence-corrected chi connectivity index (χ3v) is 3.43. The number of aldehydes is 1. The number of hydrogen-bond donors (Lipinski definition) is 0. The Morgan fingerprint density at radius 3 is 1.73 bits per heavy atom. The zero-order valence-electron chi connectivity index (χ0n) is 6.96. The first kappa shape index (κ1) is 7.33. The first-order valence-corrected chi connectivity index (χ1v) is 4.84. The van der Waals surface area contributed by atoms with Gasteiger partial charge in [-0.3, -0.25) is 0 Å². The van der Waals surface area contributed by atoms with Crippen molar-refractivity contribution in [2.24, 2.45) is 17.8 Å². The van der Waals surface area contributed by atoms with E-state index in [-0.39, 0.29) is 0 Å². The molecule has 0 N–H and O–H groups in total. The van der Waals surface area contributed by atoms with E-state index < -0.39 is 0 Å². The van der Waals surface area contributed by atoms with Crippen LogP contribution in [-0.2, 0) is 4.79 Å². The van der Waals surface area contributed by atoms with Crippen molar-refractivity contribution < 1.29 is 4.79 Å². The molecule has 0 amide bonds. The van der Waals surface area contributed by atoms with Crippen molar-refractivity contribution in [3.63, 3.8) is 0 Å². The number of carbonyl (C=O) groups excluding carboxylic acids is 1. The van der Waals surface area contributed by atoms with Gasteiger partial charge in [0.25, 0.3) is 0 Å². The van der Waals surface area contributed by atoms with Crippen LogP contribution in [0.15, 0.2) is 0 Å². The molecule has 3 fully saturated rings. The molecule has 2 bridgehead atoms. The second-order valence-electron chi connectivity index (χ2n) is 4.25. The molecule has 3 aliphatic rings. The molecule has 11 heavy (non-hydrogen) atoms. The Hall–Kier alpha value is -0.330. The minimum Gasteiger partial charge on any atom is -0.303 e. The Morgan fingerprint density at radius 2 is 1.36 bits per heavy atom. The second-order valence-corrected chi connectivity index (χ2v) is 4.25. The molecule has 1 nitrogen and oxygen atoms in total. The van der Waals surface area contributed by atoms with E-state index in [0.717, 1.165) is 11.8 Å². The predicted molar refractivity (Wildman–Crippen MR) is 44.2 cm³/mol. The molecule has 0 atom stereocenters. The van der Waals surface area contributed by atoms with Gasteiger partial charge in [-0.05, 0) is 24.7 Å². The SMILES string of the molecule is O=CC1CC2CCC(CC2)C1. The first-order valence-electron chi connectivity index (χ1n) is 4.84. The predicted octanol–water partition coefficient (Wildman–Crippen LogP) is 2.40. The summed E-state index contributed by atoms with van der Waals surface area (Å²) in [6, 6.07) is 0. The fraction of sp³-hybridized carbons (Fsp3) is 0.900. The Balaban J connectivity index is 2.05. The van der Waals surface area contributed by atoms with Crippen LogP contribution < -0.4 is 0 Å². The van der Waals surface area contributed by atoms with E-state index in [1.54, 1.807) is 0 Å². The highest BCUT2D eigenvalue weighted by Crippen LogP contribution is 2.40. The van der Waals surface area contributed by atoms with Gasteiger partial charge < -0.3 is 4.79 Å². The number of carbonyl (C=O) groups is 1. The van der Waals surface area contributed by atoms with Crippen molar-refractivity contribution in [3.05, 3.63) is 0 Å². The summed E-state index contributed by atoms with van der Waals surface area (Å²) in [6.07, 6.45) is 9.17. The molecule has 0 aromatic rings. The van der Waals surface area contributed by atoms with Gasteiger partial charge >= 0.3 is 0 Å². The first-order chi connectivity index (χ1) is 5.38. The van der Waals surface area contributed by atoms with E-state index in [9.17, 15) is 4.79 Å². The Kier molecular flexibility index (Phi) is 1.97. The summed E-state index contributed by atoms with van der Waals surface area (Å²) in [6.45, 7) is 0. The van der Waals surface area contributed by atoms with Gasteiger partial charge in [-0.15, -0.1) is 0 Å². The van der Waals surface area contributed by atoms with Gasteiger partial charge in [0.15, 0.2) is 0 Å². The molecule has 62 valence electrons. The molecule has 1 heteroatoms. The van der Waals surface area contributed by atoms with Gasteiger partial charge in [0.1, 0.15) is 6.29 Å². The molecule has 0 unspecified atom stereocenters. The van der Waals surface area contributed by atoms with Gasteiger partial charge in [0.05, 0.1) is 0 Å². The van der Waals surface area contributed by atoms with Crippen LogP contribution in [0.2, 0.25) is 0 Å². The van der Waals surface area contributed by atoms with Gasteiger partial charge in [0.2, 0.25) is 0 Å². The van der Waals surface area contributed by atoms with E-state index in [1.165, 1.54) is 44.8 Å². The Morgan fingerprint density at radius 1 is 0.909 bits per heavy atom. The summed E-state index contributed by atoms with van der Waals surface area (Å²) in [5, 5.41) is 0. The van der Waals surface area contributed by atoms with Crippen LogP contribution in [0.4, 0.5) is 0 Å². The van der Waals surface area contributed by atoms with Crippen molar-refractivity contribution in [1.29, 1.82) is 0 Å². The van der Waals surface area contributed by atoms with E-state index in [0.29, 0.717) is 5.92 Å². The molecule has 0 aromatic carbocycles. The van der Waals surface area contributed by atoms with Crippen molar-refractivity contribution in [2.75, 3.05) is 0 Å². The summed E-state index contributed by atoms with van der Waals surface area (Å²) in [7, 11) is 0. The molecule has 3 aliphatic carbocycles. The highest BCUT2D eigenvalue weighted by atomic mass is 16.1. The molecule has 3 saturated carbocycles. The second kappa shape index (κ2) is 2.96. The van der Waals surface area contributed by atoms with Crippen LogP contribution in [0, 0.1) is 17.8 Å². The van der Waals surface area contributed by atoms with Crippen LogP contribution in [0.25, 0.3) is 0 Å². The van der Waals surface area contributed by atoms with E-state index in [1.807, 2.05) is 0 Å². The van der Waals surface area contributed by atoms with Crippen molar-refractivity contribution in [2.45, 2.75) is 38.5 Å². The molecule has 0 aromatic heterocycles. The lowest BCUT2D eigenvalue weighted by Crippen LogP contribution is -2.08. The maximum absolute atomic E-state index is 10.6. The smallest absolute Gasteiger partial charge is 0.123 e. The van der Waals surface area contributed by atoms with Crippen LogP contribution >= 0.6 is 0 Å². The summed E-state index contributed by atoms with van der Waals surface area (Å²) in [4.78, 5) is 10.6. The van der Waals surface area contributed by atoms with Crippen LogP contribution in [0.5, 0.6) is 0 Å². The van der Waals surface area contributed by atoms with E-state index in [2.05, 4.69) is 0 Å². The molecule has 0 aliphatic heterocycles. The van der Waals surface area contributed by atoms with Crippen molar-refractivity contribution in [1.82, 2.24) is 0 Å². The van der Waals surface area contributed by atoms with E-state index >= 15 is 0 Å². The fourth-order valence-corrected chi connectivity index (χ4v) is 2.77. The van der Waals surface area contributed by atoms with Crippen molar-refractivity contribution in [3.8, 4) is 0 Å². The third-order valence-electron chi connectivity index (χ3n) is 3.43. The van der Waals surface area contributed by atoms with E-state index in [4.69, 9.17) is 0 Å². The molecular formula is C10H16O. The zero-order valence-corrected chi connectivity index (χ0v) is 6.96. The Bertz CT molecular complexity index is 131. The average Bonchev–Trinajstić information content (AvgIpc) is 2.35. The van der Waals surface area contributed by atoms with Gasteiger partial charge in [-0.2, -0.15) is 0 Å². The number of hydrogen-bond acceptors (Lipinski definition) is 1. The number of fused-ring (bicyclic) bond motifs is 4. The molecule has 0 saturated heterocycles. The molecule has 0 radical (unpaired) electrons. The summed E-state index contributed by atoms with van der Waals surface area (Å²) >= 11 is 0. The molecule has 0 spiro atoms. The van der Waals surface area contributed by atoms with Crippen LogP contribution in [0.3, 0.4) is 0 Å². The largest absolute Gasteiger partial charge is 0.303 e. The summed E-state index contributed by atoms with van der Waals surface area (Å²) in [5.41, 5.74) is 0. The standard InChI is InChI=1S/C10H16O/c11-7-10-5-8-1-2-9(6-10)4-3-8/h7-10H,1-6H2. The van der Waals surface area contributed by atoms with Gasteiger partial charge in [0, 0.05) is 5.92 Å². The molecule has 0 heterocycles. The fourth-order valence-electron chi connectivity index (χ4n) is 2.77. The lowest BCUT2D eigenvalue weighted by Gasteiger charge is -2.21. The normalized spacial score (nSPS) is 43.5. The van der Waals surface area contributed by atoms with Gasteiger partial charge in [-0.25, -0.2) is 0 Å². The maximum atomic E-state index is 10.6. The quantitative estimate of drug-likeness (QED) is 0.527. The lowest BCUT2D eigenvalue weighted by atomic mass is 9.84. The third kappa shape index (κ3) is 1.47. The van der Waals surface area contributed by atoms with Crippen molar-refractivity contribution >= 4 is 6.29 Å². The number of rotatable bonds is 1. The lowest BCUT2D eigenvalue weighted by molar-refractivity contribution is -0.111. The molecule has 3 rings (SSSR count). The minimum absolute atomic E-state index is 0.412. The Labute approximate surface area is 68.2 Å². The highest BCUT2D eigenvalue weighted by Gasteiger charge is 2.30. The minimum atomic E-state index is 0.412. The average molecular weight is 152 g/mol. The van der Waals surface area contributed by atoms with Crippen LogP contribution in [-0.4, -0.2) is 6.29 Å². The molecular weight excluding hydrogens is 136 g/mol. The van der Waals surface area contributed by atoms with Crippen LogP contribution in [0.1, 0.15) is 38.5 Å². The summed E-state index contributed by atoms with van der Waals surface area (Å²) < 4.78 is 0. The van der Waals surface area contributed by atoms with Gasteiger partial charge in [-0.1, -0.05) is 25.7 Å². The zero-order chi connectivity index (χ0) is 7.68. The maximum Gasteiger partial charge on any atom is 0.123 e.